The summed E-state index contributed by atoms with van der Waals surface area (Å²) in [7, 11) is 0. The molecule has 0 saturated heterocycles. The second-order valence-electron chi connectivity index (χ2n) is 5.18. The number of rotatable bonds is 3. The summed E-state index contributed by atoms with van der Waals surface area (Å²) in [5.74, 6) is 2.14. The fraction of sp³-hybridized carbons (Fsp3) is 0.643. The molecule has 0 atom stereocenters. The van der Waals surface area contributed by atoms with E-state index in [4.69, 9.17) is 4.98 Å². The third-order valence-electron chi connectivity index (χ3n) is 3.99. The van der Waals surface area contributed by atoms with Gasteiger partial charge in [0.15, 0.2) is 0 Å². The van der Waals surface area contributed by atoms with Gasteiger partial charge in [-0.15, -0.1) is 0 Å². The molecular formula is C14H20N2. The molecular weight excluding hydrogens is 196 g/mol. The van der Waals surface area contributed by atoms with Crippen LogP contribution in [0.25, 0.3) is 0 Å². The van der Waals surface area contributed by atoms with Crippen LogP contribution in [0.5, 0.6) is 0 Å². The van der Waals surface area contributed by atoms with E-state index in [2.05, 4.69) is 17.4 Å². The van der Waals surface area contributed by atoms with Crippen molar-refractivity contribution in [3.8, 4) is 0 Å². The summed E-state index contributed by atoms with van der Waals surface area (Å²) in [6, 6.07) is 4.50. The van der Waals surface area contributed by atoms with E-state index in [9.17, 15) is 0 Å². The molecule has 2 heterocycles. The molecule has 0 amide bonds. The molecule has 0 aromatic carbocycles. The summed E-state index contributed by atoms with van der Waals surface area (Å²) in [5, 5.41) is 3.41. The summed E-state index contributed by atoms with van der Waals surface area (Å²) in [5.41, 5.74) is 2.68. The van der Waals surface area contributed by atoms with E-state index in [1.165, 1.54) is 56.2 Å². The molecule has 2 nitrogen and oxygen atoms in total. The van der Waals surface area contributed by atoms with Gasteiger partial charge in [0.2, 0.25) is 0 Å². The van der Waals surface area contributed by atoms with Gasteiger partial charge in [0.1, 0.15) is 5.82 Å². The minimum absolute atomic E-state index is 0.991. The second-order valence-corrected chi connectivity index (χ2v) is 5.18. The summed E-state index contributed by atoms with van der Waals surface area (Å²) in [6.07, 6.45) is 9.29. The Balaban J connectivity index is 1.65. The largest absolute Gasteiger partial charge is 0.370 e. The molecule has 1 N–H and O–H groups in total. The lowest BCUT2D eigenvalue weighted by atomic mass is 9.82. The number of aromatic nitrogens is 1. The van der Waals surface area contributed by atoms with Crippen molar-refractivity contribution in [2.24, 2.45) is 5.92 Å². The van der Waals surface area contributed by atoms with E-state index in [1.807, 2.05) is 0 Å². The number of hydrogen-bond donors (Lipinski definition) is 1. The highest BCUT2D eigenvalue weighted by atomic mass is 15.0. The molecule has 1 aliphatic carbocycles. The molecule has 1 saturated carbocycles. The molecule has 1 aliphatic heterocycles. The van der Waals surface area contributed by atoms with Crippen LogP contribution in [0.15, 0.2) is 12.1 Å². The Labute approximate surface area is 97.5 Å². The minimum atomic E-state index is 0.991. The second kappa shape index (κ2) is 4.44. The van der Waals surface area contributed by atoms with Crippen molar-refractivity contribution < 1.29 is 0 Å². The Bertz CT molecular complexity index is 369. The molecule has 2 aliphatic rings. The van der Waals surface area contributed by atoms with Gasteiger partial charge in [0, 0.05) is 12.2 Å². The Kier molecular flexibility index (Phi) is 2.81. The van der Waals surface area contributed by atoms with Crippen LogP contribution in [-0.2, 0) is 12.8 Å². The minimum Gasteiger partial charge on any atom is -0.370 e. The van der Waals surface area contributed by atoms with Crippen molar-refractivity contribution in [3.05, 3.63) is 23.4 Å². The normalized spacial score (nSPS) is 19.8. The molecule has 3 rings (SSSR count). The average molecular weight is 216 g/mol. The smallest absolute Gasteiger partial charge is 0.129 e. The predicted molar refractivity (Wildman–Crippen MR) is 66.7 cm³/mol. The van der Waals surface area contributed by atoms with Gasteiger partial charge in [-0.3, -0.25) is 0 Å². The number of anilines is 1. The molecule has 0 bridgehead atoms. The zero-order valence-corrected chi connectivity index (χ0v) is 9.84. The van der Waals surface area contributed by atoms with Crippen LogP contribution in [0.2, 0.25) is 0 Å². The van der Waals surface area contributed by atoms with Gasteiger partial charge in [0.05, 0.1) is 0 Å². The lowest BCUT2D eigenvalue weighted by molar-refractivity contribution is 0.295. The molecule has 86 valence electrons. The van der Waals surface area contributed by atoms with Crippen molar-refractivity contribution in [1.29, 1.82) is 0 Å². The number of hydrogen-bond acceptors (Lipinski definition) is 2. The highest BCUT2D eigenvalue weighted by Gasteiger charge is 2.17. The zero-order valence-electron chi connectivity index (χ0n) is 9.84. The lowest BCUT2D eigenvalue weighted by Crippen LogP contribution is -2.15. The summed E-state index contributed by atoms with van der Waals surface area (Å²) >= 11 is 0. The van der Waals surface area contributed by atoms with Gasteiger partial charge >= 0.3 is 0 Å². The average Bonchev–Trinajstić information content (AvgIpc) is 2.27. The molecule has 1 fully saturated rings. The molecule has 1 aromatic rings. The molecule has 0 spiro atoms. The molecule has 16 heavy (non-hydrogen) atoms. The third kappa shape index (κ3) is 2.06. The van der Waals surface area contributed by atoms with Gasteiger partial charge in [-0.05, 0) is 43.2 Å². The van der Waals surface area contributed by atoms with Gasteiger partial charge in [-0.2, -0.15) is 0 Å². The van der Waals surface area contributed by atoms with Crippen molar-refractivity contribution in [2.75, 3.05) is 11.9 Å². The van der Waals surface area contributed by atoms with Crippen LogP contribution in [0.4, 0.5) is 5.82 Å². The summed E-state index contributed by atoms with van der Waals surface area (Å²) in [4.78, 5) is 4.73. The molecule has 0 radical (unpaired) electrons. The SMILES string of the molecule is c1cc2c(nc1CCC1CCC1)NCCC2. The van der Waals surface area contributed by atoms with Gasteiger partial charge in [-0.25, -0.2) is 4.98 Å². The van der Waals surface area contributed by atoms with Crippen LogP contribution in [0, 0.1) is 5.92 Å². The maximum atomic E-state index is 4.73. The van der Waals surface area contributed by atoms with Gasteiger partial charge in [-0.1, -0.05) is 25.3 Å². The maximum Gasteiger partial charge on any atom is 0.129 e. The summed E-state index contributed by atoms with van der Waals surface area (Å²) in [6.45, 7) is 1.09. The van der Waals surface area contributed by atoms with Crippen molar-refractivity contribution in [1.82, 2.24) is 4.98 Å². The van der Waals surface area contributed by atoms with Crippen molar-refractivity contribution in [3.63, 3.8) is 0 Å². The lowest BCUT2D eigenvalue weighted by Gasteiger charge is -2.25. The van der Waals surface area contributed by atoms with E-state index in [1.54, 1.807) is 0 Å². The Hall–Kier alpha value is -1.05. The fourth-order valence-electron chi connectivity index (χ4n) is 2.64. The number of aryl methyl sites for hydroxylation is 2. The number of nitrogens with zero attached hydrogens (tertiary/aromatic N) is 1. The number of nitrogens with one attached hydrogen (secondary N) is 1. The molecule has 2 heteroatoms. The first-order valence-electron chi connectivity index (χ1n) is 6.64. The Morgan fingerprint density at radius 2 is 2.19 bits per heavy atom. The van der Waals surface area contributed by atoms with Gasteiger partial charge in [0.25, 0.3) is 0 Å². The first-order chi connectivity index (χ1) is 7.92. The van der Waals surface area contributed by atoms with Crippen LogP contribution in [0.1, 0.15) is 43.4 Å². The quantitative estimate of drug-likeness (QED) is 0.839. The Morgan fingerprint density at radius 3 is 3.00 bits per heavy atom. The third-order valence-corrected chi connectivity index (χ3v) is 3.99. The highest BCUT2D eigenvalue weighted by Crippen LogP contribution is 2.30. The van der Waals surface area contributed by atoms with Crippen LogP contribution in [0.3, 0.4) is 0 Å². The van der Waals surface area contributed by atoms with Crippen LogP contribution in [-0.4, -0.2) is 11.5 Å². The van der Waals surface area contributed by atoms with E-state index in [0.717, 1.165) is 18.3 Å². The van der Waals surface area contributed by atoms with E-state index in [-0.39, 0.29) is 0 Å². The maximum absolute atomic E-state index is 4.73. The molecule has 0 unspecified atom stereocenters. The topological polar surface area (TPSA) is 24.9 Å². The highest BCUT2D eigenvalue weighted by molar-refractivity contribution is 5.46. The predicted octanol–water partition coefficient (Wildman–Crippen LogP) is 3.17. The van der Waals surface area contributed by atoms with E-state index in [0.29, 0.717) is 0 Å². The van der Waals surface area contributed by atoms with Crippen molar-refractivity contribution >= 4 is 5.82 Å². The van der Waals surface area contributed by atoms with Crippen LogP contribution >= 0.6 is 0 Å². The fourth-order valence-corrected chi connectivity index (χ4v) is 2.64. The standard InChI is InChI=1S/C14H20N2/c1-3-11(4-1)6-8-13-9-7-12-5-2-10-15-14(12)16-13/h7,9,11H,1-6,8,10H2,(H,15,16). The van der Waals surface area contributed by atoms with Crippen molar-refractivity contribution in [2.45, 2.75) is 44.9 Å². The van der Waals surface area contributed by atoms with E-state index < -0.39 is 0 Å². The van der Waals surface area contributed by atoms with E-state index >= 15 is 0 Å². The van der Waals surface area contributed by atoms with Crippen LogP contribution < -0.4 is 5.32 Å². The first kappa shape index (κ1) is 10.1. The monoisotopic (exact) mass is 216 g/mol. The first-order valence-corrected chi connectivity index (χ1v) is 6.64. The molecule has 1 aromatic heterocycles. The summed E-state index contributed by atoms with van der Waals surface area (Å²) < 4.78 is 0. The zero-order chi connectivity index (χ0) is 10.8. The van der Waals surface area contributed by atoms with Gasteiger partial charge < -0.3 is 5.32 Å². The Morgan fingerprint density at radius 1 is 1.25 bits per heavy atom. The number of fused-ring (bicyclic) bond motifs is 1. The number of pyridine rings is 1.